The molecule has 1 aromatic heterocycles. The van der Waals surface area contributed by atoms with Crippen molar-refractivity contribution in [3.8, 4) is 11.3 Å². The topological polar surface area (TPSA) is 3.88 Å². The highest BCUT2D eigenvalue weighted by Crippen LogP contribution is 2.27. The largest absolute Gasteiger partial charge is 0.212 e. The van der Waals surface area contributed by atoms with Crippen molar-refractivity contribution in [2.45, 2.75) is 39.7 Å². The first kappa shape index (κ1) is 5.05. The molecule has 0 aliphatic carbocycles. The van der Waals surface area contributed by atoms with Crippen LogP contribution in [0.5, 0.6) is 0 Å². The Hall–Kier alpha value is -1.63. The molecule has 0 atom stereocenters. The molecule has 0 bridgehead atoms. The summed E-state index contributed by atoms with van der Waals surface area (Å²) in [6.45, 7) is -11.8. The fourth-order valence-corrected chi connectivity index (χ4v) is 2.08. The summed E-state index contributed by atoms with van der Waals surface area (Å²) in [4.78, 5) is 0. The minimum absolute atomic E-state index is 0.378. The van der Waals surface area contributed by atoms with Crippen LogP contribution in [0.3, 0.4) is 0 Å². The molecule has 0 fully saturated rings. The van der Waals surface area contributed by atoms with E-state index < -0.39 is 43.9 Å². The normalized spacial score (nSPS) is 23.7. The molecule has 0 aliphatic heterocycles. The number of aryl methyl sites for hydroxylation is 3. The number of hydrogen-bond donors (Lipinski definition) is 0. The fourth-order valence-electron chi connectivity index (χ4n) is 2.08. The summed E-state index contributed by atoms with van der Waals surface area (Å²) in [5.74, 6) is 0. The first-order valence-corrected chi connectivity index (χ1v) is 5.87. The summed E-state index contributed by atoms with van der Waals surface area (Å²) in [6, 6.07) is 8.24. The summed E-state index contributed by atoms with van der Waals surface area (Å²) in [5, 5.41) is 0. The van der Waals surface area contributed by atoms with E-state index in [-0.39, 0.29) is 0 Å². The van der Waals surface area contributed by atoms with Gasteiger partial charge in [0.15, 0.2) is 6.20 Å². The van der Waals surface area contributed by atoms with Crippen LogP contribution in [0.4, 0.5) is 0 Å². The minimum Gasteiger partial charge on any atom is -0.201 e. The van der Waals surface area contributed by atoms with E-state index in [1.807, 2.05) is 0 Å². The number of aromatic nitrogens is 1. The molecule has 0 N–H and O–H groups in total. The molecule has 1 aromatic carbocycles. The van der Waals surface area contributed by atoms with Crippen molar-refractivity contribution < 1.29 is 21.0 Å². The quantitative estimate of drug-likeness (QED) is 0.684. The summed E-state index contributed by atoms with van der Waals surface area (Å²) in [7, 11) is 1.48. The molecule has 0 saturated carbocycles. The van der Waals surface area contributed by atoms with Gasteiger partial charge in [-0.05, 0) is 36.4 Å². The van der Waals surface area contributed by atoms with Gasteiger partial charge in [0.2, 0.25) is 5.69 Å². The van der Waals surface area contributed by atoms with Crippen molar-refractivity contribution in [3.63, 3.8) is 0 Å². The predicted molar refractivity (Wildman–Crippen MR) is 81.2 cm³/mol. The average molecular weight is 266 g/mol. The summed E-state index contributed by atoms with van der Waals surface area (Å²) in [6.07, 6.45) is 1.02. The highest BCUT2D eigenvalue weighted by Gasteiger charge is 2.22. The Bertz CT molecular complexity index is 927. The van der Waals surface area contributed by atoms with E-state index in [2.05, 4.69) is 0 Å². The van der Waals surface area contributed by atoms with E-state index in [1.54, 1.807) is 31.2 Å². The van der Waals surface area contributed by atoms with Gasteiger partial charge >= 0.3 is 0 Å². The van der Waals surface area contributed by atoms with Gasteiger partial charge in [-0.1, -0.05) is 38.8 Å². The summed E-state index contributed by atoms with van der Waals surface area (Å²) >= 11 is 0. The third-order valence-corrected chi connectivity index (χ3v) is 3.10. The lowest BCUT2D eigenvalue weighted by atomic mass is 9.84. The molecular formula is C18H24N+. The van der Waals surface area contributed by atoms with Gasteiger partial charge in [-0.3, -0.25) is 0 Å². The van der Waals surface area contributed by atoms with Gasteiger partial charge in [0, 0.05) is 33.6 Å². The van der Waals surface area contributed by atoms with Crippen LogP contribution in [0.25, 0.3) is 11.3 Å². The second-order valence-corrected chi connectivity index (χ2v) is 4.66. The molecule has 0 radical (unpaired) electrons. The molecule has 2 aromatic rings. The van der Waals surface area contributed by atoms with Crippen LogP contribution in [0.2, 0.25) is 0 Å². The summed E-state index contributed by atoms with van der Waals surface area (Å²) in [5.41, 5.74) is -2.96. The van der Waals surface area contributed by atoms with Gasteiger partial charge < -0.3 is 0 Å². The number of benzene rings is 1. The smallest absolute Gasteiger partial charge is 0.201 e. The van der Waals surface area contributed by atoms with Crippen molar-refractivity contribution in [2.75, 3.05) is 0 Å². The van der Waals surface area contributed by atoms with Gasteiger partial charge in [0.05, 0.1) is 0 Å². The number of nitrogens with zero attached hydrogens (tertiary/aromatic N) is 1. The van der Waals surface area contributed by atoms with Crippen LogP contribution in [0.1, 0.15) is 53.7 Å². The van der Waals surface area contributed by atoms with Gasteiger partial charge in [0.25, 0.3) is 0 Å². The van der Waals surface area contributed by atoms with Crippen molar-refractivity contribution in [1.29, 1.82) is 0 Å². The highest BCUT2D eigenvalue weighted by molar-refractivity contribution is 5.61. The van der Waals surface area contributed by atoms with Gasteiger partial charge in [-0.15, -0.1) is 0 Å². The first-order chi connectivity index (χ1) is 13.8. The number of pyridine rings is 1. The minimum atomic E-state index is -3.55. The Kier molecular flexibility index (Phi) is 1.28. The molecular weight excluding hydrogens is 230 g/mol. The van der Waals surface area contributed by atoms with Crippen molar-refractivity contribution in [3.05, 3.63) is 53.2 Å². The lowest BCUT2D eigenvalue weighted by Crippen LogP contribution is -2.34. The van der Waals surface area contributed by atoms with Crippen LogP contribution in [-0.4, -0.2) is 0 Å². The van der Waals surface area contributed by atoms with Crippen LogP contribution in [0.15, 0.2) is 36.5 Å². The van der Waals surface area contributed by atoms with E-state index in [0.717, 1.165) is 11.8 Å². The van der Waals surface area contributed by atoms with Gasteiger partial charge in [-0.25, -0.2) is 4.57 Å². The maximum absolute atomic E-state index is 7.96. The zero-order valence-electron chi connectivity index (χ0n) is 22.9. The molecule has 0 amide bonds. The van der Waals surface area contributed by atoms with Crippen molar-refractivity contribution >= 4 is 0 Å². The third-order valence-electron chi connectivity index (χ3n) is 3.10. The maximum atomic E-state index is 7.96. The standard InChI is InChI=1S/C18H24N/c1-13-9-7-8-10-15(13)17-11-14(2)16(12-19(17)6)18(3,4)5/h7-12H,1-6H3/q+1/i2D3,3D3,4D3,5D3. The van der Waals surface area contributed by atoms with Crippen molar-refractivity contribution in [2.24, 2.45) is 7.05 Å². The van der Waals surface area contributed by atoms with E-state index in [1.165, 1.54) is 17.7 Å². The Morgan fingerprint density at radius 1 is 1.11 bits per heavy atom. The monoisotopic (exact) mass is 266 g/mol. The van der Waals surface area contributed by atoms with E-state index in [9.17, 15) is 0 Å². The molecule has 19 heavy (non-hydrogen) atoms. The SMILES string of the molecule is [2H]C([2H])([2H])c1cc(-c2ccccc2C)[n+](C)cc1C(C([2H])([2H])[2H])(C([2H])([2H])[2H])C([2H])([2H])[2H]. The Labute approximate surface area is 133 Å². The molecule has 1 nitrogen and oxygen atoms in total. The maximum Gasteiger partial charge on any atom is 0.212 e. The zero-order chi connectivity index (χ0) is 24.2. The Morgan fingerprint density at radius 3 is 2.47 bits per heavy atom. The van der Waals surface area contributed by atoms with Crippen molar-refractivity contribution in [1.82, 2.24) is 0 Å². The van der Waals surface area contributed by atoms with E-state index >= 15 is 0 Å². The molecule has 1 heteroatoms. The lowest BCUT2D eigenvalue weighted by Gasteiger charge is -2.20. The number of rotatable bonds is 1. The average Bonchev–Trinajstić information content (AvgIpc) is 2.51. The molecule has 2 rings (SSSR count). The molecule has 0 spiro atoms. The number of hydrogen-bond acceptors (Lipinski definition) is 0. The van der Waals surface area contributed by atoms with Crippen LogP contribution >= 0.6 is 0 Å². The summed E-state index contributed by atoms with van der Waals surface area (Å²) < 4.78 is 96.6. The zero-order valence-corrected chi connectivity index (χ0v) is 10.9. The van der Waals surface area contributed by atoms with Gasteiger partial charge in [-0.2, -0.15) is 0 Å². The Balaban J connectivity index is 3.12. The van der Waals surface area contributed by atoms with E-state index in [0.29, 0.717) is 11.3 Å². The van der Waals surface area contributed by atoms with E-state index in [4.69, 9.17) is 16.4 Å². The highest BCUT2D eigenvalue weighted by atomic mass is 14.9. The molecule has 0 aliphatic rings. The second kappa shape index (κ2) is 4.80. The van der Waals surface area contributed by atoms with Crippen LogP contribution < -0.4 is 4.57 Å². The Morgan fingerprint density at radius 2 is 1.84 bits per heavy atom. The lowest BCUT2D eigenvalue weighted by molar-refractivity contribution is -0.661. The second-order valence-electron chi connectivity index (χ2n) is 4.66. The first-order valence-electron chi connectivity index (χ1n) is 11.9. The molecule has 100 valence electrons. The predicted octanol–water partition coefficient (Wildman–Crippen LogP) is 4.09. The fraction of sp³-hybridized carbons (Fsp3) is 0.389. The molecule has 0 unspecified atom stereocenters. The molecule has 0 saturated heterocycles. The molecule has 1 heterocycles. The van der Waals surface area contributed by atoms with Crippen LogP contribution in [0, 0.1) is 13.8 Å². The third kappa shape index (κ3) is 2.70. The van der Waals surface area contributed by atoms with Gasteiger partial charge in [0.1, 0.15) is 7.05 Å². The van der Waals surface area contributed by atoms with Crippen LogP contribution in [-0.2, 0) is 12.5 Å².